The van der Waals surface area contributed by atoms with E-state index in [2.05, 4.69) is 15.9 Å². The fraction of sp³-hybridized carbons (Fsp3) is 0.438. The standard InChI is InChI=1S/C16H20BrNO2/c17-14-8-5-13(6-9-14)7-10-16(20)18-11-3-1-2-4-15(18)12-19/h5-10,15,19H,1-4,11-12H2/b10-7+. The maximum atomic E-state index is 12.3. The largest absolute Gasteiger partial charge is 0.394 e. The van der Waals surface area contributed by atoms with Gasteiger partial charge >= 0.3 is 0 Å². The molecule has 1 atom stereocenters. The van der Waals surface area contributed by atoms with Gasteiger partial charge in [-0.25, -0.2) is 0 Å². The van der Waals surface area contributed by atoms with E-state index in [0.717, 1.165) is 42.3 Å². The van der Waals surface area contributed by atoms with Crippen molar-refractivity contribution in [1.29, 1.82) is 0 Å². The summed E-state index contributed by atoms with van der Waals surface area (Å²) in [5.41, 5.74) is 0.997. The van der Waals surface area contributed by atoms with Gasteiger partial charge in [0, 0.05) is 17.1 Å². The van der Waals surface area contributed by atoms with Gasteiger partial charge in [0.2, 0.25) is 5.91 Å². The van der Waals surface area contributed by atoms with Gasteiger partial charge in [-0.3, -0.25) is 4.79 Å². The van der Waals surface area contributed by atoms with E-state index in [1.165, 1.54) is 0 Å². The van der Waals surface area contributed by atoms with Crippen LogP contribution in [0, 0.1) is 0 Å². The lowest BCUT2D eigenvalue weighted by atomic mass is 10.1. The summed E-state index contributed by atoms with van der Waals surface area (Å²) < 4.78 is 1.02. The molecular weight excluding hydrogens is 318 g/mol. The SMILES string of the molecule is O=C(/C=C/c1ccc(Br)cc1)N1CCCCCC1CO. The summed E-state index contributed by atoms with van der Waals surface area (Å²) in [7, 11) is 0. The van der Waals surface area contributed by atoms with Crippen LogP contribution in [0.4, 0.5) is 0 Å². The smallest absolute Gasteiger partial charge is 0.246 e. The predicted octanol–water partition coefficient (Wildman–Crippen LogP) is 3.23. The summed E-state index contributed by atoms with van der Waals surface area (Å²) in [6.07, 6.45) is 7.58. The number of carbonyl (C=O) groups excluding carboxylic acids is 1. The lowest BCUT2D eigenvalue weighted by Crippen LogP contribution is -2.41. The van der Waals surface area contributed by atoms with Crippen LogP contribution in [0.5, 0.6) is 0 Å². The number of rotatable bonds is 3. The first-order chi connectivity index (χ1) is 9.70. The quantitative estimate of drug-likeness (QED) is 0.860. The third kappa shape index (κ3) is 4.18. The molecular formula is C16H20BrNO2. The maximum Gasteiger partial charge on any atom is 0.246 e. The van der Waals surface area contributed by atoms with Crippen LogP contribution in [0.25, 0.3) is 6.08 Å². The zero-order valence-electron chi connectivity index (χ0n) is 11.5. The second-order valence-corrected chi connectivity index (χ2v) is 6.02. The van der Waals surface area contributed by atoms with E-state index in [-0.39, 0.29) is 18.6 Å². The normalized spacial score (nSPS) is 20.1. The van der Waals surface area contributed by atoms with Gasteiger partial charge < -0.3 is 10.0 Å². The molecule has 0 radical (unpaired) electrons. The molecule has 1 N–H and O–H groups in total. The van der Waals surface area contributed by atoms with Crippen molar-refractivity contribution in [2.45, 2.75) is 31.7 Å². The molecule has 1 aromatic rings. The lowest BCUT2D eigenvalue weighted by Gasteiger charge is -2.27. The van der Waals surface area contributed by atoms with Crippen molar-refractivity contribution in [3.63, 3.8) is 0 Å². The molecule has 1 aromatic carbocycles. The molecule has 2 rings (SSSR count). The van der Waals surface area contributed by atoms with Crippen molar-refractivity contribution in [1.82, 2.24) is 4.90 Å². The highest BCUT2D eigenvalue weighted by Gasteiger charge is 2.22. The Morgan fingerprint density at radius 3 is 2.75 bits per heavy atom. The highest BCUT2D eigenvalue weighted by atomic mass is 79.9. The lowest BCUT2D eigenvalue weighted by molar-refractivity contribution is -0.129. The van der Waals surface area contributed by atoms with Crippen LogP contribution in [0.2, 0.25) is 0 Å². The number of carbonyl (C=O) groups is 1. The number of halogens is 1. The zero-order valence-corrected chi connectivity index (χ0v) is 13.1. The maximum absolute atomic E-state index is 12.3. The molecule has 4 heteroatoms. The number of hydrogen-bond donors (Lipinski definition) is 1. The van der Waals surface area contributed by atoms with E-state index in [1.54, 1.807) is 6.08 Å². The fourth-order valence-electron chi connectivity index (χ4n) is 2.49. The summed E-state index contributed by atoms with van der Waals surface area (Å²) in [6, 6.07) is 7.79. The number of amides is 1. The van der Waals surface area contributed by atoms with Gasteiger partial charge in [0.1, 0.15) is 0 Å². The first-order valence-corrected chi connectivity index (χ1v) is 7.85. The summed E-state index contributed by atoms with van der Waals surface area (Å²) in [6.45, 7) is 0.798. The zero-order chi connectivity index (χ0) is 14.4. The van der Waals surface area contributed by atoms with Crippen LogP contribution in [0.3, 0.4) is 0 Å². The number of benzene rings is 1. The molecule has 0 bridgehead atoms. The number of likely N-dealkylation sites (tertiary alicyclic amines) is 1. The average Bonchev–Trinajstić information content (AvgIpc) is 2.71. The summed E-state index contributed by atoms with van der Waals surface area (Å²) in [5, 5.41) is 9.43. The summed E-state index contributed by atoms with van der Waals surface area (Å²) >= 11 is 3.39. The Kier molecular flexibility index (Phi) is 5.80. The van der Waals surface area contributed by atoms with Crippen molar-refractivity contribution < 1.29 is 9.90 Å². The van der Waals surface area contributed by atoms with Gasteiger partial charge in [-0.2, -0.15) is 0 Å². The first kappa shape index (κ1) is 15.3. The van der Waals surface area contributed by atoms with E-state index < -0.39 is 0 Å². The molecule has 1 heterocycles. The van der Waals surface area contributed by atoms with Crippen LogP contribution >= 0.6 is 15.9 Å². The Morgan fingerprint density at radius 2 is 2.05 bits per heavy atom. The van der Waals surface area contributed by atoms with Gasteiger partial charge in [0.25, 0.3) is 0 Å². The molecule has 20 heavy (non-hydrogen) atoms. The second kappa shape index (κ2) is 7.60. The molecule has 1 fully saturated rings. The molecule has 1 amide bonds. The molecule has 1 aliphatic heterocycles. The molecule has 0 saturated carbocycles. The molecule has 108 valence electrons. The van der Waals surface area contributed by atoms with Gasteiger partial charge in [-0.15, -0.1) is 0 Å². The minimum Gasteiger partial charge on any atom is -0.394 e. The van der Waals surface area contributed by atoms with E-state index in [4.69, 9.17) is 0 Å². The Morgan fingerprint density at radius 1 is 1.30 bits per heavy atom. The van der Waals surface area contributed by atoms with Crippen LogP contribution < -0.4 is 0 Å². The van der Waals surface area contributed by atoms with Gasteiger partial charge in [0.15, 0.2) is 0 Å². The van der Waals surface area contributed by atoms with Crippen molar-refractivity contribution in [2.24, 2.45) is 0 Å². The van der Waals surface area contributed by atoms with Gasteiger partial charge in [0.05, 0.1) is 12.6 Å². The minimum absolute atomic E-state index is 0.00568. The monoisotopic (exact) mass is 337 g/mol. The van der Waals surface area contributed by atoms with E-state index in [1.807, 2.05) is 35.2 Å². The Balaban J connectivity index is 2.03. The van der Waals surface area contributed by atoms with Crippen molar-refractivity contribution >= 4 is 27.9 Å². The van der Waals surface area contributed by atoms with Crippen LogP contribution in [-0.2, 0) is 4.79 Å². The fourth-order valence-corrected chi connectivity index (χ4v) is 2.76. The number of aliphatic hydroxyl groups excluding tert-OH is 1. The average molecular weight is 338 g/mol. The predicted molar refractivity (Wildman–Crippen MR) is 84.2 cm³/mol. The van der Waals surface area contributed by atoms with Crippen LogP contribution in [0.15, 0.2) is 34.8 Å². The Labute approximate surface area is 128 Å². The third-order valence-corrected chi connectivity index (χ3v) is 4.19. The minimum atomic E-state index is -0.0282. The molecule has 0 aromatic heterocycles. The van der Waals surface area contributed by atoms with Crippen molar-refractivity contribution in [3.05, 3.63) is 40.4 Å². The molecule has 1 aliphatic rings. The molecule has 3 nitrogen and oxygen atoms in total. The van der Waals surface area contributed by atoms with E-state index >= 15 is 0 Å². The second-order valence-electron chi connectivity index (χ2n) is 5.10. The first-order valence-electron chi connectivity index (χ1n) is 7.06. The van der Waals surface area contributed by atoms with Crippen LogP contribution in [0.1, 0.15) is 31.2 Å². The topological polar surface area (TPSA) is 40.5 Å². The van der Waals surface area contributed by atoms with Crippen molar-refractivity contribution in [3.8, 4) is 0 Å². The molecule has 1 unspecified atom stereocenters. The highest BCUT2D eigenvalue weighted by molar-refractivity contribution is 9.10. The summed E-state index contributed by atoms with van der Waals surface area (Å²) in [5.74, 6) is -0.00568. The van der Waals surface area contributed by atoms with E-state index in [9.17, 15) is 9.90 Å². The van der Waals surface area contributed by atoms with E-state index in [0.29, 0.717) is 0 Å². The molecule has 1 saturated heterocycles. The summed E-state index contributed by atoms with van der Waals surface area (Å²) in [4.78, 5) is 14.1. The number of aliphatic hydroxyl groups is 1. The third-order valence-electron chi connectivity index (χ3n) is 3.66. The number of hydrogen-bond acceptors (Lipinski definition) is 2. The van der Waals surface area contributed by atoms with Gasteiger partial charge in [-0.05, 0) is 36.6 Å². The molecule has 0 aliphatic carbocycles. The molecule has 0 spiro atoms. The Bertz CT molecular complexity index is 470. The highest BCUT2D eigenvalue weighted by Crippen LogP contribution is 2.17. The Hall–Kier alpha value is -1.13. The van der Waals surface area contributed by atoms with Crippen LogP contribution in [-0.4, -0.2) is 35.1 Å². The van der Waals surface area contributed by atoms with Gasteiger partial charge in [-0.1, -0.05) is 40.9 Å². The van der Waals surface area contributed by atoms with Crippen molar-refractivity contribution in [2.75, 3.05) is 13.2 Å². The number of nitrogens with zero attached hydrogens (tertiary/aromatic N) is 1.